The van der Waals surface area contributed by atoms with E-state index in [9.17, 15) is 4.79 Å². The van der Waals surface area contributed by atoms with Gasteiger partial charge in [0.05, 0.1) is 11.0 Å². The summed E-state index contributed by atoms with van der Waals surface area (Å²) in [5.74, 6) is 0.822. The maximum Gasteiger partial charge on any atom is 0.236 e. The molecule has 0 unspecified atom stereocenters. The summed E-state index contributed by atoms with van der Waals surface area (Å²) in [6, 6.07) is 14.0. The zero-order valence-corrected chi connectivity index (χ0v) is 16.9. The van der Waals surface area contributed by atoms with E-state index in [4.69, 9.17) is 4.74 Å². The van der Waals surface area contributed by atoms with Gasteiger partial charge in [-0.05, 0) is 33.6 Å². The van der Waals surface area contributed by atoms with Crippen molar-refractivity contribution < 1.29 is 9.53 Å². The van der Waals surface area contributed by atoms with E-state index >= 15 is 0 Å². The average molecular weight is 456 g/mol. The minimum Gasteiger partial charge on any atom is -0.487 e. The molecule has 128 valence electrons. The van der Waals surface area contributed by atoms with Crippen LogP contribution in [0.2, 0.25) is 0 Å². The summed E-state index contributed by atoms with van der Waals surface area (Å²) in [6.45, 7) is 1.32. The SMILES string of the molecule is CN(C)C(=O)CNCc1cc(Br)cc(Br)c1OCc1ccccc1. The minimum absolute atomic E-state index is 0.0378. The molecule has 24 heavy (non-hydrogen) atoms. The van der Waals surface area contributed by atoms with Crippen LogP contribution in [0.5, 0.6) is 5.75 Å². The molecule has 2 aromatic carbocycles. The van der Waals surface area contributed by atoms with Gasteiger partial charge in [0.25, 0.3) is 0 Å². The van der Waals surface area contributed by atoms with Crippen LogP contribution in [-0.4, -0.2) is 31.4 Å². The number of halogens is 2. The van der Waals surface area contributed by atoms with Gasteiger partial charge in [0.1, 0.15) is 12.4 Å². The zero-order chi connectivity index (χ0) is 17.5. The summed E-state index contributed by atoms with van der Waals surface area (Å²) in [5, 5.41) is 3.16. The lowest BCUT2D eigenvalue weighted by molar-refractivity contribution is -0.127. The topological polar surface area (TPSA) is 41.6 Å². The van der Waals surface area contributed by atoms with Crippen molar-refractivity contribution in [3.8, 4) is 5.75 Å². The van der Waals surface area contributed by atoms with Crippen molar-refractivity contribution in [2.45, 2.75) is 13.2 Å². The highest BCUT2D eigenvalue weighted by Gasteiger charge is 2.12. The molecule has 2 rings (SSSR count). The smallest absolute Gasteiger partial charge is 0.236 e. The molecule has 0 radical (unpaired) electrons. The Balaban J connectivity index is 2.07. The first-order chi connectivity index (χ1) is 11.5. The van der Waals surface area contributed by atoms with Gasteiger partial charge in [-0.15, -0.1) is 0 Å². The lowest BCUT2D eigenvalue weighted by Gasteiger charge is -2.16. The molecule has 0 spiro atoms. The third-order valence-electron chi connectivity index (χ3n) is 3.40. The van der Waals surface area contributed by atoms with Crippen molar-refractivity contribution in [3.05, 3.63) is 62.5 Å². The Labute approximate surface area is 159 Å². The summed E-state index contributed by atoms with van der Waals surface area (Å²) in [5.41, 5.74) is 2.09. The van der Waals surface area contributed by atoms with E-state index in [0.717, 1.165) is 25.8 Å². The predicted octanol–water partition coefficient (Wildman–Crippen LogP) is 3.97. The first-order valence-corrected chi connectivity index (χ1v) is 9.11. The summed E-state index contributed by atoms with van der Waals surface area (Å²) in [4.78, 5) is 13.2. The molecule has 4 nitrogen and oxygen atoms in total. The number of rotatable bonds is 7. The van der Waals surface area contributed by atoms with E-state index in [-0.39, 0.29) is 12.5 Å². The highest BCUT2D eigenvalue weighted by Crippen LogP contribution is 2.33. The quantitative estimate of drug-likeness (QED) is 0.686. The molecule has 0 fully saturated rings. The fourth-order valence-electron chi connectivity index (χ4n) is 2.10. The van der Waals surface area contributed by atoms with Crippen LogP contribution >= 0.6 is 31.9 Å². The number of benzene rings is 2. The molecule has 0 atom stereocenters. The van der Waals surface area contributed by atoms with Gasteiger partial charge in [0.15, 0.2) is 0 Å². The summed E-state index contributed by atoms with van der Waals surface area (Å²) >= 11 is 7.06. The van der Waals surface area contributed by atoms with Crippen LogP contribution in [-0.2, 0) is 17.9 Å². The van der Waals surface area contributed by atoms with E-state index in [1.54, 1.807) is 19.0 Å². The Bertz CT molecular complexity index is 691. The Morgan fingerprint density at radius 2 is 1.88 bits per heavy atom. The van der Waals surface area contributed by atoms with Gasteiger partial charge in [-0.25, -0.2) is 0 Å². The lowest BCUT2D eigenvalue weighted by Crippen LogP contribution is -2.32. The minimum atomic E-state index is 0.0378. The number of carbonyl (C=O) groups is 1. The molecule has 0 aromatic heterocycles. The molecule has 0 heterocycles. The Morgan fingerprint density at radius 3 is 2.54 bits per heavy atom. The van der Waals surface area contributed by atoms with Gasteiger partial charge in [-0.2, -0.15) is 0 Å². The normalized spacial score (nSPS) is 10.5. The lowest BCUT2D eigenvalue weighted by atomic mass is 10.2. The predicted molar refractivity (Wildman–Crippen MR) is 103 cm³/mol. The number of nitrogens with zero attached hydrogens (tertiary/aromatic N) is 1. The van der Waals surface area contributed by atoms with Gasteiger partial charge in [0, 0.05) is 30.7 Å². The third-order valence-corrected chi connectivity index (χ3v) is 4.45. The number of hydrogen-bond donors (Lipinski definition) is 1. The van der Waals surface area contributed by atoms with Gasteiger partial charge in [-0.1, -0.05) is 46.3 Å². The number of nitrogens with one attached hydrogen (secondary N) is 1. The van der Waals surface area contributed by atoms with E-state index in [2.05, 4.69) is 37.2 Å². The molecule has 0 aliphatic rings. The fourth-order valence-corrected chi connectivity index (χ4v) is 3.53. The van der Waals surface area contributed by atoms with Crippen LogP contribution in [0.3, 0.4) is 0 Å². The van der Waals surface area contributed by atoms with Crippen LogP contribution in [0, 0.1) is 0 Å². The molecule has 0 saturated heterocycles. The molecule has 2 aromatic rings. The van der Waals surface area contributed by atoms with Crippen molar-refractivity contribution in [2.75, 3.05) is 20.6 Å². The van der Waals surface area contributed by atoms with Gasteiger partial charge in [-0.3, -0.25) is 4.79 Å². The van der Waals surface area contributed by atoms with Crippen LogP contribution in [0.4, 0.5) is 0 Å². The average Bonchev–Trinajstić information content (AvgIpc) is 2.54. The number of amides is 1. The fraction of sp³-hybridized carbons (Fsp3) is 0.278. The molecule has 0 bridgehead atoms. The Kier molecular flexibility index (Phi) is 7.27. The van der Waals surface area contributed by atoms with Crippen LogP contribution in [0.15, 0.2) is 51.4 Å². The third kappa shape index (κ3) is 5.61. The van der Waals surface area contributed by atoms with Crippen LogP contribution in [0.25, 0.3) is 0 Å². The Hall–Kier alpha value is -1.37. The molecule has 0 aliphatic carbocycles. The largest absolute Gasteiger partial charge is 0.487 e. The monoisotopic (exact) mass is 454 g/mol. The van der Waals surface area contributed by atoms with Crippen LogP contribution < -0.4 is 10.1 Å². The molecular weight excluding hydrogens is 436 g/mol. The maximum atomic E-state index is 11.7. The molecular formula is C18H20Br2N2O2. The second kappa shape index (κ2) is 9.20. The number of carbonyl (C=O) groups excluding carboxylic acids is 1. The van der Waals surface area contributed by atoms with Gasteiger partial charge in [0.2, 0.25) is 5.91 Å². The van der Waals surface area contributed by atoms with Crippen molar-refractivity contribution in [1.82, 2.24) is 10.2 Å². The number of ether oxygens (including phenoxy) is 1. The summed E-state index contributed by atoms with van der Waals surface area (Å²) in [7, 11) is 3.49. The molecule has 1 N–H and O–H groups in total. The summed E-state index contributed by atoms with van der Waals surface area (Å²) < 4.78 is 7.84. The van der Waals surface area contributed by atoms with Crippen molar-refractivity contribution in [1.29, 1.82) is 0 Å². The molecule has 6 heteroatoms. The molecule has 0 aliphatic heterocycles. The van der Waals surface area contributed by atoms with Crippen LogP contribution in [0.1, 0.15) is 11.1 Å². The number of likely N-dealkylation sites (N-methyl/N-ethyl adjacent to an activating group) is 1. The number of hydrogen-bond acceptors (Lipinski definition) is 3. The summed E-state index contributed by atoms with van der Waals surface area (Å²) in [6.07, 6.45) is 0. The van der Waals surface area contributed by atoms with Crippen molar-refractivity contribution in [3.63, 3.8) is 0 Å². The van der Waals surface area contributed by atoms with Gasteiger partial charge >= 0.3 is 0 Å². The van der Waals surface area contributed by atoms with E-state index in [1.165, 1.54) is 0 Å². The van der Waals surface area contributed by atoms with E-state index in [0.29, 0.717) is 13.2 Å². The zero-order valence-electron chi connectivity index (χ0n) is 13.7. The second-order valence-corrected chi connectivity index (χ2v) is 7.31. The van der Waals surface area contributed by atoms with E-state index < -0.39 is 0 Å². The van der Waals surface area contributed by atoms with E-state index in [1.807, 2.05) is 42.5 Å². The standard InChI is InChI=1S/C18H20Br2N2O2/c1-22(2)17(23)11-21-10-14-8-15(19)9-16(20)18(14)24-12-13-6-4-3-5-7-13/h3-9,21H,10-12H2,1-2H3. The molecule has 1 amide bonds. The van der Waals surface area contributed by atoms with Crippen molar-refractivity contribution >= 4 is 37.8 Å². The Morgan fingerprint density at radius 1 is 1.17 bits per heavy atom. The first-order valence-electron chi connectivity index (χ1n) is 7.53. The highest BCUT2D eigenvalue weighted by molar-refractivity contribution is 9.11. The first kappa shape index (κ1) is 19.0. The molecule has 0 saturated carbocycles. The maximum absolute atomic E-state index is 11.7. The second-order valence-electron chi connectivity index (χ2n) is 5.54. The van der Waals surface area contributed by atoms with Crippen molar-refractivity contribution in [2.24, 2.45) is 0 Å². The van der Waals surface area contributed by atoms with Gasteiger partial charge < -0.3 is 15.0 Å². The highest BCUT2D eigenvalue weighted by atomic mass is 79.9.